The number of rotatable bonds is 5. The Bertz CT molecular complexity index is 1150. The molecule has 3 aromatic rings. The Morgan fingerprint density at radius 1 is 1.17 bits per heavy atom. The fourth-order valence-electron chi connectivity index (χ4n) is 3.41. The Morgan fingerprint density at radius 2 is 1.97 bits per heavy atom. The number of piperidine rings is 1. The van der Waals surface area contributed by atoms with Gasteiger partial charge in [0.2, 0.25) is 10.0 Å². The number of anilines is 1. The lowest BCUT2D eigenvalue weighted by Crippen LogP contribution is -2.36. The zero-order valence-electron chi connectivity index (χ0n) is 16.5. The van der Waals surface area contributed by atoms with E-state index in [2.05, 4.69) is 15.3 Å². The number of pyridine rings is 1. The van der Waals surface area contributed by atoms with Crippen LogP contribution in [0.4, 0.5) is 5.13 Å². The van der Waals surface area contributed by atoms with Gasteiger partial charge in [-0.1, -0.05) is 12.5 Å². The lowest BCUT2D eigenvalue weighted by Gasteiger charge is -2.26. The minimum atomic E-state index is -3.62. The largest absolute Gasteiger partial charge is 0.298 e. The summed E-state index contributed by atoms with van der Waals surface area (Å²) in [4.78, 5) is 21.5. The van der Waals surface area contributed by atoms with Gasteiger partial charge in [-0.3, -0.25) is 15.1 Å². The molecule has 1 aromatic carbocycles. The molecule has 0 bridgehead atoms. The quantitative estimate of drug-likeness (QED) is 0.646. The molecule has 0 aliphatic carbocycles. The molecule has 0 radical (unpaired) electrons. The Labute approximate surface area is 179 Å². The number of sulfonamides is 1. The van der Waals surface area contributed by atoms with Crippen molar-refractivity contribution in [3.63, 3.8) is 0 Å². The summed E-state index contributed by atoms with van der Waals surface area (Å²) in [7, 11) is -3.62. The summed E-state index contributed by atoms with van der Waals surface area (Å²) in [5.74, 6) is -0.391. The smallest absolute Gasteiger partial charge is 0.257 e. The fourth-order valence-corrected chi connectivity index (χ4v) is 5.89. The summed E-state index contributed by atoms with van der Waals surface area (Å²) in [5, 5.41) is 5.05. The molecular formula is C21H22N4O3S2. The van der Waals surface area contributed by atoms with E-state index in [1.165, 1.54) is 21.7 Å². The van der Waals surface area contributed by atoms with Crippen molar-refractivity contribution in [2.24, 2.45) is 0 Å². The molecule has 156 valence electrons. The van der Waals surface area contributed by atoms with E-state index >= 15 is 0 Å². The molecule has 1 aliphatic heterocycles. The van der Waals surface area contributed by atoms with Gasteiger partial charge < -0.3 is 0 Å². The first-order valence-corrected chi connectivity index (χ1v) is 12.1. The van der Waals surface area contributed by atoms with E-state index in [9.17, 15) is 13.2 Å². The van der Waals surface area contributed by atoms with Gasteiger partial charge in [0.05, 0.1) is 10.6 Å². The van der Waals surface area contributed by atoms with Gasteiger partial charge in [-0.25, -0.2) is 13.4 Å². The van der Waals surface area contributed by atoms with Crippen molar-refractivity contribution < 1.29 is 13.2 Å². The highest BCUT2D eigenvalue weighted by molar-refractivity contribution is 7.89. The zero-order chi connectivity index (χ0) is 21.1. The summed E-state index contributed by atoms with van der Waals surface area (Å²) in [6.45, 7) is 2.79. The van der Waals surface area contributed by atoms with Gasteiger partial charge in [-0.2, -0.15) is 4.31 Å². The molecule has 0 atom stereocenters. The number of carbonyl (C=O) groups excluding carboxylic acids is 1. The van der Waals surface area contributed by atoms with Crippen molar-refractivity contribution in [1.29, 1.82) is 0 Å². The van der Waals surface area contributed by atoms with Crippen LogP contribution in [0.3, 0.4) is 0 Å². The molecule has 0 saturated carbocycles. The maximum absolute atomic E-state index is 13.1. The summed E-state index contributed by atoms with van der Waals surface area (Å²) < 4.78 is 27.7. The molecule has 7 nitrogen and oxygen atoms in total. The first-order valence-electron chi connectivity index (χ1n) is 9.73. The standard InChI is InChI=1S/C21H22N4O3S2/c1-15-7-8-16(12-19(15)30(27,28)25-10-3-2-4-11-25)20(26)24-21-23-18(14-29-21)17-6-5-9-22-13-17/h5-9,12-14H,2-4,10-11H2,1H3,(H,23,24,26). The van der Waals surface area contributed by atoms with Gasteiger partial charge in [0.25, 0.3) is 5.91 Å². The Balaban J connectivity index is 1.55. The molecule has 1 amide bonds. The molecular weight excluding hydrogens is 420 g/mol. The monoisotopic (exact) mass is 442 g/mol. The molecule has 0 unspecified atom stereocenters. The normalized spacial score (nSPS) is 15.1. The van der Waals surface area contributed by atoms with E-state index < -0.39 is 15.9 Å². The lowest BCUT2D eigenvalue weighted by molar-refractivity contribution is 0.102. The summed E-state index contributed by atoms with van der Waals surface area (Å²) in [5.41, 5.74) is 2.50. The molecule has 1 fully saturated rings. The topological polar surface area (TPSA) is 92.3 Å². The number of aryl methyl sites for hydroxylation is 1. The lowest BCUT2D eigenvalue weighted by atomic mass is 10.1. The molecule has 0 spiro atoms. The van der Waals surface area contributed by atoms with E-state index in [-0.39, 0.29) is 10.5 Å². The van der Waals surface area contributed by atoms with Gasteiger partial charge in [0.15, 0.2) is 5.13 Å². The minimum Gasteiger partial charge on any atom is -0.298 e. The number of thiazole rings is 1. The molecule has 3 heterocycles. The SMILES string of the molecule is Cc1ccc(C(=O)Nc2nc(-c3cccnc3)cs2)cc1S(=O)(=O)N1CCCCC1. The van der Waals surface area contributed by atoms with Crippen LogP contribution in [0.25, 0.3) is 11.3 Å². The third-order valence-corrected chi connectivity index (χ3v) is 7.86. The summed E-state index contributed by atoms with van der Waals surface area (Å²) in [6.07, 6.45) is 6.16. The van der Waals surface area contributed by atoms with E-state index in [0.717, 1.165) is 30.5 Å². The van der Waals surface area contributed by atoms with Crippen molar-refractivity contribution in [1.82, 2.24) is 14.3 Å². The van der Waals surface area contributed by atoms with Crippen LogP contribution < -0.4 is 5.32 Å². The van der Waals surface area contributed by atoms with Crippen molar-refractivity contribution in [3.8, 4) is 11.3 Å². The third kappa shape index (κ3) is 4.28. The van der Waals surface area contributed by atoms with E-state index in [0.29, 0.717) is 23.8 Å². The van der Waals surface area contributed by atoms with Crippen LogP contribution in [0.2, 0.25) is 0 Å². The van der Waals surface area contributed by atoms with E-state index in [1.54, 1.807) is 31.5 Å². The van der Waals surface area contributed by atoms with Crippen molar-refractivity contribution in [3.05, 3.63) is 59.2 Å². The predicted molar refractivity (Wildman–Crippen MR) is 117 cm³/mol. The number of aromatic nitrogens is 2. The van der Waals surface area contributed by atoms with Gasteiger partial charge in [-0.05, 0) is 49.6 Å². The average molecular weight is 443 g/mol. The van der Waals surface area contributed by atoms with Crippen molar-refractivity contribution >= 4 is 32.4 Å². The van der Waals surface area contributed by atoms with E-state index in [1.807, 2.05) is 17.5 Å². The highest BCUT2D eigenvalue weighted by Crippen LogP contribution is 2.27. The number of nitrogens with one attached hydrogen (secondary N) is 1. The molecule has 4 rings (SSSR count). The number of hydrogen-bond acceptors (Lipinski definition) is 6. The van der Waals surface area contributed by atoms with Crippen LogP contribution in [-0.4, -0.2) is 41.7 Å². The second-order valence-corrected chi connectivity index (χ2v) is 9.94. The van der Waals surface area contributed by atoms with Crippen molar-refractivity contribution in [2.75, 3.05) is 18.4 Å². The van der Waals surface area contributed by atoms with Crippen LogP contribution in [-0.2, 0) is 10.0 Å². The minimum absolute atomic E-state index is 0.187. The Kier molecular flexibility index (Phi) is 5.94. The number of nitrogens with zero attached hydrogens (tertiary/aromatic N) is 3. The Morgan fingerprint density at radius 3 is 2.70 bits per heavy atom. The molecule has 1 N–H and O–H groups in total. The third-order valence-electron chi connectivity index (χ3n) is 5.07. The average Bonchev–Trinajstić information content (AvgIpc) is 3.23. The first kappa shape index (κ1) is 20.6. The predicted octanol–water partition coefficient (Wildman–Crippen LogP) is 3.94. The van der Waals surface area contributed by atoms with Gasteiger partial charge in [0.1, 0.15) is 0 Å². The van der Waals surface area contributed by atoms with Crippen LogP contribution in [0.15, 0.2) is 53.0 Å². The maximum atomic E-state index is 13.1. The van der Waals surface area contributed by atoms with E-state index in [4.69, 9.17) is 0 Å². The number of benzene rings is 1. The van der Waals surface area contributed by atoms with Gasteiger partial charge >= 0.3 is 0 Å². The molecule has 1 saturated heterocycles. The van der Waals surface area contributed by atoms with Crippen molar-refractivity contribution in [2.45, 2.75) is 31.1 Å². The number of hydrogen-bond donors (Lipinski definition) is 1. The van der Waals surface area contributed by atoms with Gasteiger partial charge in [-0.15, -0.1) is 11.3 Å². The second-order valence-electron chi connectivity index (χ2n) is 7.18. The summed E-state index contributed by atoms with van der Waals surface area (Å²) >= 11 is 1.31. The van der Waals surface area contributed by atoms with Crippen LogP contribution in [0.1, 0.15) is 35.2 Å². The highest BCUT2D eigenvalue weighted by atomic mass is 32.2. The fraction of sp³-hybridized carbons (Fsp3) is 0.286. The number of amides is 1. The Hall–Kier alpha value is -2.62. The molecule has 2 aromatic heterocycles. The first-order chi connectivity index (χ1) is 14.4. The van der Waals surface area contributed by atoms with Crippen LogP contribution >= 0.6 is 11.3 Å². The van der Waals surface area contributed by atoms with Crippen LogP contribution in [0, 0.1) is 6.92 Å². The summed E-state index contributed by atoms with van der Waals surface area (Å²) in [6, 6.07) is 8.49. The molecule has 1 aliphatic rings. The highest BCUT2D eigenvalue weighted by Gasteiger charge is 2.28. The zero-order valence-corrected chi connectivity index (χ0v) is 18.2. The van der Waals surface area contributed by atoms with Crippen LogP contribution in [0.5, 0.6) is 0 Å². The molecule has 30 heavy (non-hydrogen) atoms. The second kappa shape index (κ2) is 8.63. The maximum Gasteiger partial charge on any atom is 0.257 e. The van der Waals surface area contributed by atoms with Gasteiger partial charge in [0, 0.05) is 42.0 Å². The molecule has 9 heteroatoms. The number of carbonyl (C=O) groups is 1.